The third kappa shape index (κ3) is 4.18. The maximum atomic E-state index is 12.8. The Morgan fingerprint density at radius 1 is 1.29 bits per heavy atom. The first-order chi connectivity index (χ1) is 11.4. The van der Waals surface area contributed by atoms with E-state index in [1.165, 1.54) is 24.0 Å². The van der Waals surface area contributed by atoms with Gasteiger partial charge in [-0.3, -0.25) is 9.59 Å². The van der Waals surface area contributed by atoms with Crippen molar-refractivity contribution in [1.82, 2.24) is 14.9 Å². The minimum atomic E-state index is -3.04. The molecule has 1 atom stereocenters. The zero-order valence-corrected chi connectivity index (χ0v) is 14.9. The van der Waals surface area contributed by atoms with Crippen LogP contribution in [0.15, 0.2) is 22.2 Å². The van der Waals surface area contributed by atoms with Crippen molar-refractivity contribution in [3.8, 4) is 0 Å². The van der Waals surface area contributed by atoms with Gasteiger partial charge in [-0.2, -0.15) is 0 Å². The zero-order valence-electron chi connectivity index (χ0n) is 13.3. The molecule has 0 bridgehead atoms. The van der Waals surface area contributed by atoms with Crippen LogP contribution < -0.4 is 5.56 Å². The average molecular weight is 371 g/mol. The Hall–Kier alpha value is -1.35. The van der Waals surface area contributed by atoms with Crippen molar-refractivity contribution in [2.24, 2.45) is 0 Å². The summed E-state index contributed by atoms with van der Waals surface area (Å²) in [5.41, 5.74) is -0.255. The van der Waals surface area contributed by atoms with Crippen LogP contribution in [-0.2, 0) is 14.6 Å². The maximum absolute atomic E-state index is 12.8. The lowest BCUT2D eigenvalue weighted by Crippen LogP contribution is -2.47. The molecule has 0 radical (unpaired) electrons. The first kappa shape index (κ1) is 17.5. The van der Waals surface area contributed by atoms with Crippen LogP contribution in [0.25, 0.3) is 0 Å². The van der Waals surface area contributed by atoms with Crippen molar-refractivity contribution in [2.45, 2.75) is 49.3 Å². The molecule has 1 saturated carbocycles. The molecule has 1 aromatic rings. The summed E-state index contributed by atoms with van der Waals surface area (Å²) in [6.07, 6.45) is 5.96. The van der Waals surface area contributed by atoms with E-state index in [1.807, 2.05) is 4.90 Å². The highest BCUT2D eigenvalue weighted by molar-refractivity contribution is 7.99. The molecule has 0 spiro atoms. The number of thioether (sulfide) groups is 1. The minimum absolute atomic E-state index is 0.0690. The molecule has 7 nitrogen and oxygen atoms in total. The Morgan fingerprint density at radius 3 is 2.67 bits per heavy atom. The minimum Gasteiger partial charge on any atom is -0.335 e. The third-order valence-electron chi connectivity index (χ3n) is 4.59. The Bertz CT molecular complexity index is 756. The Labute approximate surface area is 145 Å². The van der Waals surface area contributed by atoms with Crippen molar-refractivity contribution >= 4 is 27.5 Å². The Kier molecular flexibility index (Phi) is 5.29. The normalized spacial score (nSPS) is 23.4. The van der Waals surface area contributed by atoms with E-state index in [9.17, 15) is 18.0 Å². The van der Waals surface area contributed by atoms with Gasteiger partial charge < -0.3 is 9.88 Å². The summed E-state index contributed by atoms with van der Waals surface area (Å²) in [7, 11) is -3.04. The predicted molar refractivity (Wildman–Crippen MR) is 91.7 cm³/mol. The third-order valence-corrected chi connectivity index (χ3v) is 7.21. The van der Waals surface area contributed by atoms with E-state index in [0.29, 0.717) is 11.6 Å². The first-order valence-electron chi connectivity index (χ1n) is 8.14. The van der Waals surface area contributed by atoms with Gasteiger partial charge in [-0.25, -0.2) is 13.4 Å². The molecule has 1 aliphatic heterocycles. The number of hydrogen-bond acceptors (Lipinski definition) is 6. The van der Waals surface area contributed by atoms with Crippen LogP contribution in [0.4, 0.5) is 0 Å². The van der Waals surface area contributed by atoms with Crippen LogP contribution in [0.1, 0.15) is 32.1 Å². The molecular weight excluding hydrogens is 350 g/mol. The summed E-state index contributed by atoms with van der Waals surface area (Å²) in [4.78, 5) is 32.5. The molecule has 9 heteroatoms. The Morgan fingerprint density at radius 2 is 2.04 bits per heavy atom. The molecular formula is C15H21N3O4S2. The topological polar surface area (TPSA) is 100 Å². The summed E-state index contributed by atoms with van der Waals surface area (Å²) >= 11 is 1.18. The molecule has 2 heterocycles. The molecule has 3 rings (SSSR count). The molecule has 0 aromatic carbocycles. The van der Waals surface area contributed by atoms with E-state index in [-0.39, 0.29) is 40.8 Å². The number of aromatic amines is 1. The average Bonchev–Trinajstić information content (AvgIpc) is 3.16. The van der Waals surface area contributed by atoms with E-state index in [2.05, 4.69) is 9.97 Å². The molecule has 2 aliphatic rings. The summed E-state index contributed by atoms with van der Waals surface area (Å²) < 4.78 is 23.6. The largest absolute Gasteiger partial charge is 0.335 e. The van der Waals surface area contributed by atoms with E-state index in [0.717, 1.165) is 25.7 Å². The Balaban J connectivity index is 1.70. The second-order valence-corrected chi connectivity index (χ2v) is 9.52. The highest BCUT2D eigenvalue weighted by atomic mass is 32.2. The van der Waals surface area contributed by atoms with Crippen molar-refractivity contribution < 1.29 is 13.2 Å². The van der Waals surface area contributed by atoms with Crippen molar-refractivity contribution in [3.05, 3.63) is 22.6 Å². The predicted octanol–water partition coefficient (Wildman–Crippen LogP) is 0.820. The zero-order chi connectivity index (χ0) is 17.2. The van der Waals surface area contributed by atoms with Gasteiger partial charge in [0, 0.05) is 24.3 Å². The van der Waals surface area contributed by atoms with Crippen molar-refractivity contribution in [1.29, 1.82) is 0 Å². The van der Waals surface area contributed by atoms with Gasteiger partial charge in [0.05, 0.1) is 17.3 Å². The van der Waals surface area contributed by atoms with Crippen molar-refractivity contribution in [3.63, 3.8) is 0 Å². The van der Waals surface area contributed by atoms with Crippen LogP contribution in [0.3, 0.4) is 0 Å². The molecule has 1 aliphatic carbocycles. The van der Waals surface area contributed by atoms with Crippen LogP contribution in [0.2, 0.25) is 0 Å². The molecule has 1 aromatic heterocycles. The van der Waals surface area contributed by atoms with Gasteiger partial charge >= 0.3 is 0 Å². The molecule has 1 N–H and O–H groups in total. The molecule has 132 valence electrons. The quantitative estimate of drug-likeness (QED) is 0.608. The SMILES string of the molecule is O=C(CSc1nccc(=O)[nH]1)N(C1CCCC1)[C@H]1CCS(=O)(=O)C1. The number of aromatic nitrogens is 2. The highest BCUT2D eigenvalue weighted by Crippen LogP contribution is 2.30. The maximum Gasteiger partial charge on any atom is 0.251 e. The molecule has 1 saturated heterocycles. The van der Waals surface area contributed by atoms with Gasteiger partial charge in [-0.1, -0.05) is 24.6 Å². The number of rotatable bonds is 5. The van der Waals surface area contributed by atoms with Gasteiger partial charge in [0.2, 0.25) is 5.91 Å². The summed E-state index contributed by atoms with van der Waals surface area (Å²) in [6.45, 7) is 0. The number of H-pyrrole nitrogens is 1. The summed E-state index contributed by atoms with van der Waals surface area (Å²) in [5, 5.41) is 0.404. The standard InChI is InChI=1S/C15H21N3O4S2/c19-13-5-7-16-15(17-13)23-9-14(20)18(11-3-1-2-4-11)12-6-8-24(21,22)10-12/h5,7,11-12H,1-4,6,8-10H2,(H,16,17,19)/t12-/m0/s1. The van der Waals surface area contributed by atoms with E-state index >= 15 is 0 Å². The molecule has 0 unspecified atom stereocenters. The van der Waals surface area contributed by atoms with Crippen LogP contribution in [0.5, 0.6) is 0 Å². The van der Waals surface area contributed by atoms with Gasteiger partial charge in [0.15, 0.2) is 15.0 Å². The van der Waals surface area contributed by atoms with E-state index in [1.54, 1.807) is 0 Å². The molecule has 1 amide bonds. The van der Waals surface area contributed by atoms with Gasteiger partial charge in [0.25, 0.3) is 5.56 Å². The summed E-state index contributed by atoms with van der Waals surface area (Å²) in [5.74, 6) is 0.315. The number of nitrogens with one attached hydrogen (secondary N) is 1. The fraction of sp³-hybridized carbons (Fsp3) is 0.667. The van der Waals surface area contributed by atoms with Crippen LogP contribution >= 0.6 is 11.8 Å². The summed E-state index contributed by atoms with van der Waals surface area (Å²) in [6, 6.07) is 1.24. The molecule has 24 heavy (non-hydrogen) atoms. The fourth-order valence-electron chi connectivity index (χ4n) is 3.51. The van der Waals surface area contributed by atoms with Crippen LogP contribution in [0, 0.1) is 0 Å². The lowest BCUT2D eigenvalue weighted by molar-refractivity contribution is -0.132. The van der Waals surface area contributed by atoms with Gasteiger partial charge in [0.1, 0.15) is 0 Å². The second-order valence-electron chi connectivity index (χ2n) is 6.32. The number of nitrogens with zero attached hydrogens (tertiary/aromatic N) is 2. The number of amides is 1. The smallest absolute Gasteiger partial charge is 0.251 e. The lowest BCUT2D eigenvalue weighted by Gasteiger charge is -2.34. The van der Waals surface area contributed by atoms with Crippen molar-refractivity contribution in [2.75, 3.05) is 17.3 Å². The number of carbonyl (C=O) groups is 1. The van der Waals surface area contributed by atoms with Gasteiger partial charge in [-0.15, -0.1) is 0 Å². The number of carbonyl (C=O) groups excluding carboxylic acids is 1. The van der Waals surface area contributed by atoms with E-state index in [4.69, 9.17) is 0 Å². The lowest BCUT2D eigenvalue weighted by atomic mass is 10.1. The number of sulfone groups is 1. The number of hydrogen-bond donors (Lipinski definition) is 1. The second kappa shape index (κ2) is 7.26. The van der Waals surface area contributed by atoms with Crippen LogP contribution in [-0.4, -0.2) is 58.5 Å². The highest BCUT2D eigenvalue weighted by Gasteiger charge is 2.38. The van der Waals surface area contributed by atoms with Gasteiger partial charge in [-0.05, 0) is 19.3 Å². The molecule has 2 fully saturated rings. The van der Waals surface area contributed by atoms with E-state index < -0.39 is 9.84 Å². The fourth-order valence-corrected chi connectivity index (χ4v) is 5.94. The monoisotopic (exact) mass is 371 g/mol. The first-order valence-corrected chi connectivity index (χ1v) is 10.9.